The molecule has 1 saturated carbocycles. The predicted octanol–water partition coefficient (Wildman–Crippen LogP) is 3.15. The average Bonchev–Trinajstić information content (AvgIpc) is 2.46. The second-order valence-electron chi connectivity index (χ2n) is 6.68. The monoisotopic (exact) mass is 293 g/mol. The Morgan fingerprint density at radius 1 is 1.19 bits per heavy atom. The summed E-state index contributed by atoms with van der Waals surface area (Å²) in [6, 6.07) is 1.87. The third-order valence-corrected chi connectivity index (χ3v) is 3.83. The molecular weight excluding hydrogens is 266 g/mol. The van der Waals surface area contributed by atoms with E-state index in [4.69, 9.17) is 9.47 Å². The minimum Gasteiger partial charge on any atom is -0.474 e. The summed E-state index contributed by atoms with van der Waals surface area (Å²) >= 11 is 0. The minimum atomic E-state index is -0.105. The van der Waals surface area contributed by atoms with Gasteiger partial charge in [-0.2, -0.15) is 4.98 Å². The van der Waals surface area contributed by atoms with Crippen LogP contribution in [0.5, 0.6) is 5.88 Å². The standard InChI is InChI=1S/C16H27N3O2/c1-16(2,3)15-18-13(17-4)10-14(19-15)21-12-8-6-7-11(9-12)20-5/h10-12H,6-9H2,1-5H3,(H,17,18,19). The number of hydrogen-bond acceptors (Lipinski definition) is 5. The Hall–Kier alpha value is -1.36. The van der Waals surface area contributed by atoms with Crippen LogP contribution in [0.1, 0.15) is 52.3 Å². The fourth-order valence-corrected chi connectivity index (χ4v) is 2.54. The number of hydrogen-bond donors (Lipinski definition) is 1. The highest BCUT2D eigenvalue weighted by molar-refractivity contribution is 5.38. The summed E-state index contributed by atoms with van der Waals surface area (Å²) in [5.74, 6) is 2.24. The van der Waals surface area contributed by atoms with E-state index in [-0.39, 0.29) is 11.5 Å². The van der Waals surface area contributed by atoms with Crippen molar-refractivity contribution in [3.05, 3.63) is 11.9 Å². The van der Waals surface area contributed by atoms with Gasteiger partial charge in [0, 0.05) is 32.1 Å². The predicted molar refractivity (Wildman–Crippen MR) is 84.0 cm³/mol. The van der Waals surface area contributed by atoms with Crippen LogP contribution in [0.15, 0.2) is 6.07 Å². The molecule has 1 fully saturated rings. The first-order valence-corrected chi connectivity index (χ1v) is 7.69. The zero-order valence-electron chi connectivity index (χ0n) is 13.8. The second kappa shape index (κ2) is 6.60. The summed E-state index contributed by atoms with van der Waals surface area (Å²) < 4.78 is 11.6. The number of methoxy groups -OCH3 is 1. The molecule has 1 aliphatic rings. The van der Waals surface area contributed by atoms with Crippen molar-refractivity contribution in [2.75, 3.05) is 19.5 Å². The third kappa shape index (κ3) is 4.30. The molecule has 0 saturated heterocycles. The Morgan fingerprint density at radius 3 is 2.52 bits per heavy atom. The lowest BCUT2D eigenvalue weighted by atomic mass is 9.95. The lowest BCUT2D eigenvalue weighted by Crippen LogP contribution is -2.30. The van der Waals surface area contributed by atoms with Gasteiger partial charge in [0.05, 0.1) is 6.10 Å². The zero-order chi connectivity index (χ0) is 15.5. The minimum absolute atomic E-state index is 0.105. The quantitative estimate of drug-likeness (QED) is 0.924. The van der Waals surface area contributed by atoms with E-state index in [0.29, 0.717) is 12.0 Å². The van der Waals surface area contributed by atoms with Crippen molar-refractivity contribution in [2.24, 2.45) is 0 Å². The van der Waals surface area contributed by atoms with Crippen molar-refractivity contribution >= 4 is 5.82 Å². The van der Waals surface area contributed by atoms with Gasteiger partial charge in [-0.05, 0) is 19.3 Å². The molecule has 1 aromatic heterocycles. The van der Waals surface area contributed by atoms with Gasteiger partial charge >= 0.3 is 0 Å². The number of nitrogens with one attached hydrogen (secondary N) is 1. The maximum absolute atomic E-state index is 6.09. The van der Waals surface area contributed by atoms with E-state index >= 15 is 0 Å². The van der Waals surface area contributed by atoms with Crippen molar-refractivity contribution in [1.29, 1.82) is 0 Å². The molecule has 1 aliphatic carbocycles. The topological polar surface area (TPSA) is 56.3 Å². The molecule has 0 radical (unpaired) electrons. The fraction of sp³-hybridized carbons (Fsp3) is 0.750. The number of nitrogens with zero attached hydrogens (tertiary/aromatic N) is 2. The van der Waals surface area contributed by atoms with Gasteiger partial charge in [0.2, 0.25) is 5.88 Å². The van der Waals surface area contributed by atoms with Crippen molar-refractivity contribution in [1.82, 2.24) is 9.97 Å². The van der Waals surface area contributed by atoms with Gasteiger partial charge in [-0.1, -0.05) is 20.8 Å². The molecule has 1 N–H and O–H groups in total. The Kier molecular flexibility index (Phi) is 5.04. The largest absolute Gasteiger partial charge is 0.474 e. The van der Waals surface area contributed by atoms with Crippen LogP contribution in [0.2, 0.25) is 0 Å². The second-order valence-corrected chi connectivity index (χ2v) is 6.68. The van der Waals surface area contributed by atoms with E-state index in [9.17, 15) is 0 Å². The Morgan fingerprint density at radius 2 is 1.90 bits per heavy atom. The summed E-state index contributed by atoms with van der Waals surface area (Å²) in [6.07, 6.45) is 4.73. The van der Waals surface area contributed by atoms with E-state index in [0.717, 1.165) is 37.3 Å². The van der Waals surface area contributed by atoms with Gasteiger partial charge in [0.1, 0.15) is 17.7 Å². The lowest BCUT2D eigenvalue weighted by molar-refractivity contribution is 0.0193. The average molecular weight is 293 g/mol. The van der Waals surface area contributed by atoms with Crippen LogP contribution in [0, 0.1) is 0 Å². The Labute approximate surface area is 127 Å². The van der Waals surface area contributed by atoms with Crippen LogP contribution in [0.25, 0.3) is 0 Å². The van der Waals surface area contributed by atoms with Crippen molar-refractivity contribution in [3.8, 4) is 5.88 Å². The summed E-state index contributed by atoms with van der Waals surface area (Å²) in [6.45, 7) is 6.31. The van der Waals surface area contributed by atoms with Crippen LogP contribution < -0.4 is 10.1 Å². The molecule has 5 nitrogen and oxygen atoms in total. The fourth-order valence-electron chi connectivity index (χ4n) is 2.54. The van der Waals surface area contributed by atoms with Gasteiger partial charge in [-0.25, -0.2) is 4.98 Å². The highest BCUT2D eigenvalue weighted by Crippen LogP contribution is 2.27. The van der Waals surface area contributed by atoms with Crippen LogP contribution >= 0.6 is 0 Å². The molecule has 2 unspecified atom stereocenters. The number of rotatable bonds is 4. The third-order valence-electron chi connectivity index (χ3n) is 3.83. The van der Waals surface area contributed by atoms with Crippen LogP contribution in [0.4, 0.5) is 5.82 Å². The summed E-state index contributed by atoms with van der Waals surface area (Å²) in [5, 5.41) is 3.08. The van der Waals surface area contributed by atoms with Crippen molar-refractivity contribution in [3.63, 3.8) is 0 Å². The molecule has 2 rings (SSSR count). The molecule has 0 bridgehead atoms. The molecule has 1 aromatic rings. The van der Waals surface area contributed by atoms with Crippen molar-refractivity contribution < 1.29 is 9.47 Å². The highest BCUT2D eigenvalue weighted by atomic mass is 16.5. The number of aromatic nitrogens is 2. The molecule has 0 spiro atoms. The molecular formula is C16H27N3O2. The van der Waals surface area contributed by atoms with Gasteiger partial charge in [0.25, 0.3) is 0 Å². The van der Waals surface area contributed by atoms with Crippen molar-refractivity contribution in [2.45, 2.75) is 64.1 Å². The van der Waals surface area contributed by atoms with Crippen LogP contribution in [-0.2, 0) is 10.2 Å². The first-order valence-electron chi connectivity index (χ1n) is 7.69. The molecule has 118 valence electrons. The van der Waals surface area contributed by atoms with E-state index in [1.165, 1.54) is 0 Å². The van der Waals surface area contributed by atoms with Gasteiger partial charge in [0.15, 0.2) is 0 Å². The van der Waals surface area contributed by atoms with E-state index < -0.39 is 0 Å². The lowest BCUT2D eigenvalue weighted by Gasteiger charge is -2.28. The summed E-state index contributed by atoms with van der Waals surface area (Å²) in [4.78, 5) is 9.10. The Bertz CT molecular complexity index is 471. The first-order chi connectivity index (χ1) is 9.92. The summed E-state index contributed by atoms with van der Waals surface area (Å²) in [7, 11) is 3.63. The molecule has 2 atom stereocenters. The van der Waals surface area contributed by atoms with Crippen LogP contribution in [0.3, 0.4) is 0 Å². The van der Waals surface area contributed by atoms with E-state index in [1.807, 2.05) is 13.1 Å². The Balaban J connectivity index is 2.15. The summed E-state index contributed by atoms with van der Waals surface area (Å²) in [5.41, 5.74) is -0.105. The molecule has 0 aliphatic heterocycles. The SMILES string of the molecule is CNc1cc(OC2CCCC(OC)C2)nc(C(C)(C)C)n1. The van der Waals surface area contributed by atoms with Gasteiger partial charge < -0.3 is 14.8 Å². The zero-order valence-corrected chi connectivity index (χ0v) is 13.8. The normalized spacial score (nSPS) is 22.9. The molecule has 0 amide bonds. The maximum atomic E-state index is 6.09. The van der Waals surface area contributed by atoms with E-state index in [1.54, 1.807) is 7.11 Å². The number of ether oxygens (including phenoxy) is 2. The maximum Gasteiger partial charge on any atom is 0.219 e. The number of anilines is 1. The smallest absolute Gasteiger partial charge is 0.219 e. The molecule has 0 aromatic carbocycles. The van der Waals surface area contributed by atoms with E-state index in [2.05, 4.69) is 36.1 Å². The first kappa shape index (κ1) is 16.0. The molecule has 5 heteroatoms. The molecule has 21 heavy (non-hydrogen) atoms. The highest BCUT2D eigenvalue weighted by Gasteiger charge is 2.25. The van der Waals surface area contributed by atoms with Gasteiger partial charge in [-0.15, -0.1) is 0 Å². The van der Waals surface area contributed by atoms with Gasteiger partial charge in [-0.3, -0.25) is 0 Å². The molecule has 1 heterocycles. The van der Waals surface area contributed by atoms with Crippen LogP contribution in [-0.4, -0.2) is 36.3 Å².